The quantitative estimate of drug-likeness (QED) is 0.838. The Kier molecular flexibility index (Phi) is 5.68. The average molecular weight is 278 g/mol. The summed E-state index contributed by atoms with van der Waals surface area (Å²) in [5.74, 6) is 1.65. The van der Waals surface area contributed by atoms with Crippen LogP contribution in [0, 0.1) is 5.92 Å². The molecule has 0 amide bonds. The molecule has 112 valence electrons. The highest BCUT2D eigenvalue weighted by Gasteiger charge is 2.20. The SMILES string of the molecule is CCOc1cccc(CN2CCC(CCN)CC2)c1O. The van der Waals surface area contributed by atoms with Crippen molar-refractivity contribution < 1.29 is 9.84 Å². The van der Waals surface area contributed by atoms with E-state index in [-0.39, 0.29) is 0 Å². The van der Waals surface area contributed by atoms with Crippen molar-refractivity contribution in [1.82, 2.24) is 4.90 Å². The molecule has 1 saturated heterocycles. The summed E-state index contributed by atoms with van der Waals surface area (Å²) in [6, 6.07) is 5.74. The normalized spacial score (nSPS) is 17.3. The monoisotopic (exact) mass is 278 g/mol. The maximum atomic E-state index is 10.2. The van der Waals surface area contributed by atoms with Crippen molar-refractivity contribution in [2.45, 2.75) is 32.7 Å². The molecule has 1 heterocycles. The minimum absolute atomic E-state index is 0.290. The van der Waals surface area contributed by atoms with Crippen LogP contribution in [0.15, 0.2) is 18.2 Å². The summed E-state index contributed by atoms with van der Waals surface area (Å²) in [5.41, 5.74) is 6.57. The summed E-state index contributed by atoms with van der Waals surface area (Å²) in [4.78, 5) is 2.40. The Morgan fingerprint density at radius 3 is 2.75 bits per heavy atom. The molecule has 0 unspecified atom stereocenters. The van der Waals surface area contributed by atoms with Gasteiger partial charge in [-0.05, 0) is 57.8 Å². The lowest BCUT2D eigenvalue weighted by molar-refractivity contribution is 0.171. The van der Waals surface area contributed by atoms with Gasteiger partial charge in [-0.2, -0.15) is 0 Å². The molecular weight excluding hydrogens is 252 g/mol. The Morgan fingerprint density at radius 1 is 1.35 bits per heavy atom. The zero-order chi connectivity index (χ0) is 14.4. The molecule has 0 saturated carbocycles. The van der Waals surface area contributed by atoms with Crippen molar-refractivity contribution in [3.05, 3.63) is 23.8 Å². The molecule has 0 spiro atoms. The van der Waals surface area contributed by atoms with Gasteiger partial charge in [0.25, 0.3) is 0 Å². The van der Waals surface area contributed by atoms with Crippen LogP contribution >= 0.6 is 0 Å². The zero-order valence-corrected chi connectivity index (χ0v) is 12.3. The lowest BCUT2D eigenvalue weighted by Gasteiger charge is -2.32. The third-order valence-corrected chi connectivity index (χ3v) is 4.06. The van der Waals surface area contributed by atoms with Gasteiger partial charge in [0.15, 0.2) is 11.5 Å². The van der Waals surface area contributed by atoms with E-state index in [9.17, 15) is 5.11 Å². The van der Waals surface area contributed by atoms with E-state index in [4.69, 9.17) is 10.5 Å². The number of ether oxygens (including phenoxy) is 1. The summed E-state index contributed by atoms with van der Waals surface area (Å²) in [5, 5.41) is 10.2. The first-order valence-corrected chi connectivity index (χ1v) is 7.60. The second-order valence-corrected chi connectivity index (χ2v) is 5.49. The maximum Gasteiger partial charge on any atom is 0.162 e. The molecule has 4 nitrogen and oxygen atoms in total. The van der Waals surface area contributed by atoms with E-state index in [1.807, 2.05) is 25.1 Å². The van der Waals surface area contributed by atoms with Crippen molar-refractivity contribution in [2.75, 3.05) is 26.2 Å². The van der Waals surface area contributed by atoms with Crippen LogP contribution in [0.4, 0.5) is 0 Å². The molecule has 1 aromatic rings. The number of phenols is 1. The molecule has 1 aliphatic rings. The number of nitrogens with zero attached hydrogens (tertiary/aromatic N) is 1. The Hall–Kier alpha value is -1.26. The van der Waals surface area contributed by atoms with Gasteiger partial charge in [-0.25, -0.2) is 0 Å². The fraction of sp³-hybridized carbons (Fsp3) is 0.625. The lowest BCUT2D eigenvalue weighted by atomic mass is 9.93. The van der Waals surface area contributed by atoms with E-state index in [1.165, 1.54) is 12.8 Å². The largest absolute Gasteiger partial charge is 0.504 e. The summed E-state index contributed by atoms with van der Waals surface area (Å²) < 4.78 is 5.43. The first-order chi connectivity index (χ1) is 9.74. The van der Waals surface area contributed by atoms with Crippen molar-refractivity contribution in [1.29, 1.82) is 0 Å². The summed E-state index contributed by atoms with van der Waals surface area (Å²) in [6.45, 7) is 6.26. The van der Waals surface area contributed by atoms with Gasteiger partial charge in [-0.1, -0.05) is 12.1 Å². The number of aromatic hydroxyl groups is 1. The summed E-state index contributed by atoms with van der Waals surface area (Å²) in [7, 11) is 0. The number of nitrogens with two attached hydrogens (primary N) is 1. The number of phenolic OH excluding ortho intramolecular Hbond substituents is 1. The van der Waals surface area contributed by atoms with Crippen LogP contribution < -0.4 is 10.5 Å². The van der Waals surface area contributed by atoms with E-state index in [2.05, 4.69) is 4.90 Å². The third kappa shape index (κ3) is 3.87. The molecule has 0 aromatic heterocycles. The van der Waals surface area contributed by atoms with Gasteiger partial charge in [0.05, 0.1) is 6.61 Å². The van der Waals surface area contributed by atoms with Crippen LogP contribution in [0.5, 0.6) is 11.5 Å². The van der Waals surface area contributed by atoms with E-state index in [0.29, 0.717) is 18.1 Å². The highest BCUT2D eigenvalue weighted by atomic mass is 16.5. The fourth-order valence-corrected chi connectivity index (χ4v) is 2.88. The molecule has 0 aliphatic carbocycles. The van der Waals surface area contributed by atoms with Gasteiger partial charge in [-0.15, -0.1) is 0 Å². The van der Waals surface area contributed by atoms with Crippen LogP contribution in [0.2, 0.25) is 0 Å². The number of rotatable bonds is 6. The molecule has 2 rings (SSSR count). The van der Waals surface area contributed by atoms with Crippen LogP contribution in [0.3, 0.4) is 0 Å². The molecule has 1 fully saturated rings. The van der Waals surface area contributed by atoms with E-state index < -0.39 is 0 Å². The Bertz CT molecular complexity index is 415. The summed E-state index contributed by atoms with van der Waals surface area (Å²) >= 11 is 0. The van der Waals surface area contributed by atoms with Crippen LogP contribution in [-0.4, -0.2) is 36.2 Å². The molecule has 3 N–H and O–H groups in total. The minimum Gasteiger partial charge on any atom is -0.504 e. The van der Waals surface area contributed by atoms with Crippen molar-refractivity contribution >= 4 is 0 Å². The van der Waals surface area contributed by atoms with E-state index in [1.54, 1.807) is 0 Å². The van der Waals surface area contributed by atoms with Gasteiger partial charge >= 0.3 is 0 Å². The van der Waals surface area contributed by atoms with Crippen LogP contribution in [-0.2, 0) is 6.54 Å². The molecule has 4 heteroatoms. The Labute approximate surface area is 121 Å². The fourth-order valence-electron chi connectivity index (χ4n) is 2.88. The molecule has 0 bridgehead atoms. The molecule has 1 aliphatic heterocycles. The third-order valence-electron chi connectivity index (χ3n) is 4.06. The van der Waals surface area contributed by atoms with Gasteiger partial charge in [0.2, 0.25) is 0 Å². The smallest absolute Gasteiger partial charge is 0.162 e. The van der Waals surface area contributed by atoms with Crippen LogP contribution in [0.25, 0.3) is 0 Å². The second kappa shape index (κ2) is 7.50. The van der Waals surface area contributed by atoms with Gasteiger partial charge in [0.1, 0.15) is 0 Å². The first-order valence-electron chi connectivity index (χ1n) is 7.60. The number of hydrogen-bond acceptors (Lipinski definition) is 4. The number of para-hydroxylation sites is 1. The number of piperidine rings is 1. The highest BCUT2D eigenvalue weighted by molar-refractivity contribution is 5.45. The number of benzene rings is 1. The minimum atomic E-state index is 0.290. The zero-order valence-electron chi connectivity index (χ0n) is 12.3. The predicted octanol–water partition coefficient (Wildman–Crippen LogP) is 2.35. The Balaban J connectivity index is 1.92. The van der Waals surface area contributed by atoms with E-state index >= 15 is 0 Å². The molecule has 0 radical (unpaired) electrons. The molecule has 1 aromatic carbocycles. The topological polar surface area (TPSA) is 58.7 Å². The lowest BCUT2D eigenvalue weighted by Crippen LogP contribution is -2.33. The predicted molar refractivity (Wildman–Crippen MR) is 80.9 cm³/mol. The first kappa shape index (κ1) is 15.1. The maximum absolute atomic E-state index is 10.2. The standard InChI is InChI=1S/C16H26N2O2/c1-2-20-15-5-3-4-14(16(15)19)12-18-10-7-13(6-9-17)8-11-18/h3-5,13,19H,2,6-12,17H2,1H3. The van der Waals surface area contributed by atoms with Gasteiger partial charge in [0, 0.05) is 12.1 Å². The average Bonchev–Trinajstić information content (AvgIpc) is 2.46. The van der Waals surface area contributed by atoms with Gasteiger partial charge in [-0.3, -0.25) is 4.90 Å². The van der Waals surface area contributed by atoms with Crippen molar-refractivity contribution in [2.24, 2.45) is 11.7 Å². The summed E-state index contributed by atoms with van der Waals surface area (Å²) in [6.07, 6.45) is 3.56. The van der Waals surface area contributed by atoms with E-state index in [0.717, 1.165) is 44.1 Å². The number of likely N-dealkylation sites (tertiary alicyclic amines) is 1. The van der Waals surface area contributed by atoms with Crippen molar-refractivity contribution in [3.8, 4) is 11.5 Å². The Morgan fingerprint density at radius 2 is 2.10 bits per heavy atom. The number of hydrogen-bond donors (Lipinski definition) is 2. The van der Waals surface area contributed by atoms with Crippen molar-refractivity contribution in [3.63, 3.8) is 0 Å². The molecular formula is C16H26N2O2. The molecule has 0 atom stereocenters. The highest BCUT2D eigenvalue weighted by Crippen LogP contribution is 2.31. The molecule has 20 heavy (non-hydrogen) atoms. The van der Waals surface area contributed by atoms with Gasteiger partial charge < -0.3 is 15.6 Å². The second-order valence-electron chi connectivity index (χ2n) is 5.49. The van der Waals surface area contributed by atoms with Crippen LogP contribution in [0.1, 0.15) is 31.7 Å².